The number of hydrogen-bond donors (Lipinski definition) is 3. The van der Waals surface area contributed by atoms with Gasteiger partial charge in [0.05, 0.1) is 20.2 Å². The lowest BCUT2D eigenvalue weighted by Gasteiger charge is -2.17. The van der Waals surface area contributed by atoms with Crippen LogP contribution in [-0.4, -0.2) is 68.7 Å². The molecule has 9 heteroatoms. The summed E-state index contributed by atoms with van der Waals surface area (Å²) in [4.78, 5) is 28.8. The predicted octanol–water partition coefficient (Wildman–Crippen LogP) is 0.569. The molecule has 1 aromatic rings. The molecular formula is C18H27N5O4. The second-order valence-corrected chi connectivity index (χ2v) is 5.93. The molecule has 1 saturated heterocycles. The lowest BCUT2D eigenvalue weighted by atomic mass is 10.3. The van der Waals surface area contributed by atoms with Crippen molar-refractivity contribution in [2.45, 2.75) is 20.0 Å². The molecule has 9 nitrogen and oxygen atoms in total. The third-order valence-corrected chi connectivity index (χ3v) is 3.81. The number of carbonyl (C=O) groups is 2. The zero-order valence-electron chi connectivity index (χ0n) is 15.9. The molecule has 1 aliphatic rings. The number of carbonyl (C=O) groups excluding carboxylic acids is 2. The van der Waals surface area contributed by atoms with Gasteiger partial charge in [-0.1, -0.05) is 12.1 Å². The van der Waals surface area contributed by atoms with Gasteiger partial charge in [-0.05, 0) is 26.0 Å². The van der Waals surface area contributed by atoms with Gasteiger partial charge >= 0.3 is 6.03 Å². The van der Waals surface area contributed by atoms with Gasteiger partial charge in [0, 0.05) is 19.6 Å². The molecule has 1 fully saturated rings. The molecule has 1 atom stereocenters. The standard InChI is InChI=1S/C18H27N5O4/c1-4-19-17(20-9-10-23-16(24)12-22-18(23)25)21-11-13(2)27-15-8-6-5-7-14(15)26-3/h5-8,13H,4,9-12H2,1-3H3,(H,22,25)(H2,19,20,21). The fraction of sp³-hybridized carbons (Fsp3) is 0.500. The third kappa shape index (κ3) is 6.05. The van der Waals surface area contributed by atoms with Crippen molar-refractivity contribution in [3.8, 4) is 11.5 Å². The molecule has 2 rings (SSSR count). The van der Waals surface area contributed by atoms with E-state index >= 15 is 0 Å². The van der Waals surface area contributed by atoms with Crippen LogP contribution in [-0.2, 0) is 4.79 Å². The quantitative estimate of drug-likeness (QED) is 0.330. The molecule has 3 amide bonds. The molecule has 0 spiro atoms. The molecule has 0 bridgehead atoms. The molecular weight excluding hydrogens is 350 g/mol. The maximum absolute atomic E-state index is 11.6. The number of hydrogen-bond acceptors (Lipinski definition) is 5. The zero-order chi connectivity index (χ0) is 19.6. The molecule has 148 valence electrons. The predicted molar refractivity (Wildman–Crippen MR) is 102 cm³/mol. The van der Waals surface area contributed by atoms with Crippen LogP contribution in [0.2, 0.25) is 0 Å². The van der Waals surface area contributed by atoms with Crippen LogP contribution in [0.25, 0.3) is 0 Å². The first-order valence-corrected chi connectivity index (χ1v) is 8.95. The van der Waals surface area contributed by atoms with Crippen LogP contribution >= 0.6 is 0 Å². The summed E-state index contributed by atoms with van der Waals surface area (Å²) in [5.74, 6) is 1.72. The van der Waals surface area contributed by atoms with E-state index in [0.29, 0.717) is 37.1 Å². The summed E-state index contributed by atoms with van der Waals surface area (Å²) in [6.07, 6.45) is -0.164. The molecule has 1 aliphatic heterocycles. The van der Waals surface area contributed by atoms with Crippen LogP contribution in [0.3, 0.4) is 0 Å². The Bertz CT molecular complexity index is 663. The van der Waals surface area contributed by atoms with Crippen molar-refractivity contribution in [2.24, 2.45) is 4.99 Å². The topological polar surface area (TPSA) is 104 Å². The first-order chi connectivity index (χ1) is 13.0. The second kappa shape index (κ2) is 10.2. The molecule has 0 aromatic heterocycles. The number of urea groups is 1. The van der Waals surface area contributed by atoms with Crippen LogP contribution < -0.4 is 25.4 Å². The smallest absolute Gasteiger partial charge is 0.324 e. The number of nitrogens with one attached hydrogen (secondary N) is 3. The lowest BCUT2D eigenvalue weighted by Crippen LogP contribution is -2.43. The van der Waals surface area contributed by atoms with E-state index < -0.39 is 0 Å². The number of rotatable bonds is 9. The van der Waals surface area contributed by atoms with Gasteiger partial charge in [-0.3, -0.25) is 9.69 Å². The van der Waals surface area contributed by atoms with Crippen molar-refractivity contribution in [3.63, 3.8) is 0 Å². The SMILES string of the molecule is CCNC(=NCC(C)Oc1ccccc1OC)NCCN1C(=O)CNC1=O. The monoisotopic (exact) mass is 377 g/mol. The number of ether oxygens (including phenoxy) is 2. The molecule has 3 N–H and O–H groups in total. The largest absolute Gasteiger partial charge is 0.493 e. The number of nitrogens with zero attached hydrogens (tertiary/aromatic N) is 2. The number of amides is 3. The highest BCUT2D eigenvalue weighted by Crippen LogP contribution is 2.26. The van der Waals surface area contributed by atoms with E-state index in [1.807, 2.05) is 38.1 Å². The van der Waals surface area contributed by atoms with Gasteiger partial charge in [-0.25, -0.2) is 9.79 Å². The highest BCUT2D eigenvalue weighted by Gasteiger charge is 2.27. The van der Waals surface area contributed by atoms with Gasteiger partial charge < -0.3 is 25.4 Å². The van der Waals surface area contributed by atoms with Gasteiger partial charge in [0.2, 0.25) is 5.91 Å². The van der Waals surface area contributed by atoms with E-state index in [1.54, 1.807) is 7.11 Å². The Morgan fingerprint density at radius 2 is 2.04 bits per heavy atom. The molecule has 0 saturated carbocycles. The average molecular weight is 377 g/mol. The Balaban J connectivity index is 1.84. The maximum atomic E-state index is 11.6. The molecule has 0 radical (unpaired) electrons. The summed E-state index contributed by atoms with van der Waals surface area (Å²) in [7, 11) is 1.60. The van der Waals surface area contributed by atoms with Crippen LogP contribution in [0.1, 0.15) is 13.8 Å². The average Bonchev–Trinajstić information content (AvgIpc) is 2.98. The van der Waals surface area contributed by atoms with Gasteiger partial charge in [0.15, 0.2) is 17.5 Å². The number of guanidine groups is 1. The molecule has 1 aromatic carbocycles. The summed E-state index contributed by atoms with van der Waals surface area (Å²) in [5, 5.41) is 8.73. The van der Waals surface area contributed by atoms with Gasteiger partial charge in [-0.15, -0.1) is 0 Å². The molecule has 0 aliphatic carbocycles. The van der Waals surface area contributed by atoms with Crippen molar-refractivity contribution in [1.82, 2.24) is 20.9 Å². The summed E-state index contributed by atoms with van der Waals surface area (Å²) in [5.41, 5.74) is 0. The molecule has 1 unspecified atom stereocenters. The fourth-order valence-electron chi connectivity index (χ4n) is 2.50. The molecule has 1 heterocycles. The van der Waals surface area contributed by atoms with Gasteiger partial charge in [-0.2, -0.15) is 0 Å². The van der Waals surface area contributed by atoms with E-state index in [4.69, 9.17) is 9.47 Å². The van der Waals surface area contributed by atoms with Crippen LogP contribution in [0.5, 0.6) is 11.5 Å². The van der Waals surface area contributed by atoms with E-state index in [-0.39, 0.29) is 31.1 Å². The minimum Gasteiger partial charge on any atom is -0.493 e. The van der Waals surface area contributed by atoms with Crippen LogP contribution in [0.15, 0.2) is 29.3 Å². The summed E-state index contributed by atoms with van der Waals surface area (Å²) in [6, 6.07) is 7.10. The van der Waals surface area contributed by atoms with E-state index in [9.17, 15) is 9.59 Å². The summed E-state index contributed by atoms with van der Waals surface area (Å²) >= 11 is 0. The van der Waals surface area contributed by atoms with Crippen molar-refractivity contribution >= 4 is 17.9 Å². The molecule has 27 heavy (non-hydrogen) atoms. The van der Waals surface area contributed by atoms with Crippen molar-refractivity contribution in [3.05, 3.63) is 24.3 Å². The summed E-state index contributed by atoms with van der Waals surface area (Å²) in [6.45, 7) is 5.75. The Kier molecular flexibility index (Phi) is 7.72. The number of methoxy groups -OCH3 is 1. The Labute approximate surface area is 159 Å². The number of benzene rings is 1. The first kappa shape index (κ1) is 20.3. The van der Waals surface area contributed by atoms with Gasteiger partial charge in [0.25, 0.3) is 0 Å². The van der Waals surface area contributed by atoms with E-state index in [2.05, 4.69) is 20.9 Å². The first-order valence-electron chi connectivity index (χ1n) is 8.95. The third-order valence-electron chi connectivity index (χ3n) is 3.81. The van der Waals surface area contributed by atoms with Gasteiger partial charge in [0.1, 0.15) is 6.10 Å². The Morgan fingerprint density at radius 3 is 2.67 bits per heavy atom. The van der Waals surface area contributed by atoms with Crippen LogP contribution in [0.4, 0.5) is 4.79 Å². The van der Waals surface area contributed by atoms with E-state index in [0.717, 1.165) is 0 Å². The number of para-hydroxylation sites is 2. The van der Waals surface area contributed by atoms with Crippen LogP contribution in [0, 0.1) is 0 Å². The fourth-order valence-corrected chi connectivity index (χ4v) is 2.50. The summed E-state index contributed by atoms with van der Waals surface area (Å²) < 4.78 is 11.2. The minimum atomic E-state index is -0.359. The zero-order valence-corrected chi connectivity index (χ0v) is 15.9. The Hall–Kier alpha value is -2.97. The van der Waals surface area contributed by atoms with E-state index in [1.165, 1.54) is 4.90 Å². The second-order valence-electron chi connectivity index (χ2n) is 5.93. The maximum Gasteiger partial charge on any atom is 0.324 e. The minimum absolute atomic E-state index is 0.0603. The normalized spacial score (nSPS) is 15.4. The number of aliphatic imine (C=N–C) groups is 1. The van der Waals surface area contributed by atoms with Crippen molar-refractivity contribution in [1.29, 1.82) is 0 Å². The highest BCUT2D eigenvalue weighted by atomic mass is 16.5. The Morgan fingerprint density at radius 1 is 1.30 bits per heavy atom. The van der Waals surface area contributed by atoms with Crippen molar-refractivity contribution in [2.75, 3.05) is 39.8 Å². The number of imide groups is 1. The van der Waals surface area contributed by atoms with Crippen molar-refractivity contribution < 1.29 is 19.1 Å². The lowest BCUT2D eigenvalue weighted by molar-refractivity contribution is -0.124. The highest BCUT2D eigenvalue weighted by molar-refractivity contribution is 6.01.